The fourth-order valence-corrected chi connectivity index (χ4v) is 2.51. The summed E-state index contributed by atoms with van der Waals surface area (Å²) < 4.78 is 26.4. The predicted molar refractivity (Wildman–Crippen MR) is 72.2 cm³/mol. The van der Waals surface area contributed by atoms with Crippen LogP contribution in [-0.4, -0.2) is 40.6 Å². The number of anilines is 2. The zero-order chi connectivity index (χ0) is 15.6. The van der Waals surface area contributed by atoms with Crippen molar-refractivity contribution in [3.8, 4) is 0 Å². The van der Waals surface area contributed by atoms with Gasteiger partial charge in [-0.1, -0.05) is 5.10 Å². The summed E-state index contributed by atoms with van der Waals surface area (Å²) in [6.07, 6.45) is 0. The van der Waals surface area contributed by atoms with E-state index >= 15 is 0 Å². The molecule has 0 saturated heterocycles. The van der Waals surface area contributed by atoms with E-state index in [0.29, 0.717) is 0 Å². The van der Waals surface area contributed by atoms with E-state index < -0.39 is 14.9 Å². The van der Waals surface area contributed by atoms with E-state index in [1.165, 1.54) is 14.1 Å². The number of tetrazole rings is 1. The largest absolute Gasteiger partial charge is 0.383 e. The number of hydrogen-bond acceptors (Lipinski definition) is 8. The van der Waals surface area contributed by atoms with Gasteiger partial charge >= 0.3 is 0 Å². The van der Waals surface area contributed by atoms with Crippen LogP contribution in [0, 0.1) is 10.1 Å². The molecular weight excluding hydrogens is 302 g/mol. The lowest BCUT2D eigenvalue weighted by molar-refractivity contribution is -0.384. The van der Waals surface area contributed by atoms with Crippen LogP contribution in [0.25, 0.3) is 0 Å². The minimum atomic E-state index is -3.97. The van der Waals surface area contributed by atoms with Crippen molar-refractivity contribution in [3.05, 3.63) is 28.3 Å². The number of rotatable bonds is 5. The standard InChI is InChI=1S/C9H11N7O4S/c1-10-7-5-6(3-4-8(7)16(17)18)21(19,20)13-9-11-14-15(2)12-9/h3-5,10H,1-2H3,(H,12,13). The van der Waals surface area contributed by atoms with Crippen LogP contribution in [0.5, 0.6) is 0 Å². The number of benzene rings is 1. The molecule has 1 aromatic heterocycles. The maximum Gasteiger partial charge on any atom is 0.292 e. The Labute approximate surface area is 119 Å². The summed E-state index contributed by atoms with van der Waals surface area (Å²) in [5.41, 5.74) is -0.149. The van der Waals surface area contributed by atoms with E-state index in [9.17, 15) is 18.5 Å². The van der Waals surface area contributed by atoms with Crippen molar-refractivity contribution in [3.63, 3.8) is 0 Å². The first kappa shape index (κ1) is 14.6. The molecule has 112 valence electrons. The van der Waals surface area contributed by atoms with Gasteiger partial charge in [0, 0.05) is 13.1 Å². The van der Waals surface area contributed by atoms with Crippen LogP contribution in [0.3, 0.4) is 0 Å². The van der Waals surface area contributed by atoms with Gasteiger partial charge in [0.1, 0.15) is 5.69 Å². The van der Waals surface area contributed by atoms with Gasteiger partial charge in [-0.3, -0.25) is 10.1 Å². The number of nitro benzene ring substituents is 1. The minimum absolute atomic E-state index is 0.0787. The van der Waals surface area contributed by atoms with Gasteiger partial charge in [-0.05, 0) is 17.3 Å². The first-order valence-electron chi connectivity index (χ1n) is 5.56. The molecule has 1 aromatic carbocycles. The maximum atomic E-state index is 12.1. The molecule has 0 amide bonds. The second-order valence-electron chi connectivity index (χ2n) is 3.89. The van der Waals surface area contributed by atoms with Gasteiger partial charge < -0.3 is 5.32 Å². The molecule has 0 aliphatic heterocycles. The predicted octanol–water partition coefficient (Wildman–Crippen LogP) is -0.0392. The van der Waals surface area contributed by atoms with Crippen LogP contribution in [-0.2, 0) is 17.1 Å². The minimum Gasteiger partial charge on any atom is -0.383 e. The molecule has 0 saturated carbocycles. The number of aryl methyl sites for hydroxylation is 1. The van der Waals surface area contributed by atoms with Gasteiger partial charge in [0.25, 0.3) is 21.7 Å². The maximum absolute atomic E-state index is 12.1. The average molecular weight is 313 g/mol. The third-order valence-corrected chi connectivity index (χ3v) is 3.80. The highest BCUT2D eigenvalue weighted by Crippen LogP contribution is 2.27. The fraction of sp³-hybridized carbons (Fsp3) is 0.222. The van der Waals surface area contributed by atoms with E-state index in [1.54, 1.807) is 0 Å². The van der Waals surface area contributed by atoms with E-state index in [0.717, 1.165) is 23.0 Å². The summed E-state index contributed by atoms with van der Waals surface area (Å²) in [7, 11) is -1.03. The zero-order valence-electron chi connectivity index (χ0n) is 11.0. The van der Waals surface area contributed by atoms with E-state index in [1.807, 2.05) is 0 Å². The molecule has 0 fully saturated rings. The van der Waals surface area contributed by atoms with Crippen LogP contribution < -0.4 is 10.0 Å². The van der Waals surface area contributed by atoms with Crippen molar-refractivity contribution in [2.75, 3.05) is 17.1 Å². The van der Waals surface area contributed by atoms with Crippen LogP contribution in [0.1, 0.15) is 0 Å². The van der Waals surface area contributed by atoms with Gasteiger partial charge in [0.2, 0.25) is 0 Å². The highest BCUT2D eigenvalue weighted by atomic mass is 32.2. The second kappa shape index (κ2) is 5.32. The van der Waals surface area contributed by atoms with Gasteiger partial charge in [0.15, 0.2) is 0 Å². The second-order valence-corrected chi connectivity index (χ2v) is 5.58. The molecule has 0 spiro atoms. The van der Waals surface area contributed by atoms with Crippen molar-refractivity contribution in [1.82, 2.24) is 20.2 Å². The van der Waals surface area contributed by atoms with Crippen molar-refractivity contribution < 1.29 is 13.3 Å². The van der Waals surface area contributed by atoms with Gasteiger partial charge in [0.05, 0.1) is 16.9 Å². The monoisotopic (exact) mass is 313 g/mol. The summed E-state index contributed by atoms with van der Waals surface area (Å²) in [5.74, 6) is -0.193. The lowest BCUT2D eigenvalue weighted by Gasteiger charge is -2.07. The number of sulfonamides is 1. The normalized spacial score (nSPS) is 11.1. The molecule has 12 heteroatoms. The topological polar surface area (TPSA) is 145 Å². The van der Waals surface area contributed by atoms with Crippen LogP contribution in [0.4, 0.5) is 17.3 Å². The zero-order valence-corrected chi connectivity index (χ0v) is 11.8. The Hall–Kier alpha value is -2.76. The molecule has 0 aliphatic rings. The molecule has 11 nitrogen and oxygen atoms in total. The third-order valence-electron chi connectivity index (χ3n) is 2.48. The molecule has 2 rings (SSSR count). The van der Waals surface area contributed by atoms with Gasteiger partial charge in [-0.25, -0.2) is 13.1 Å². The first-order chi connectivity index (χ1) is 9.83. The quantitative estimate of drug-likeness (QED) is 0.577. The highest BCUT2D eigenvalue weighted by Gasteiger charge is 2.21. The highest BCUT2D eigenvalue weighted by molar-refractivity contribution is 7.92. The average Bonchev–Trinajstić information content (AvgIpc) is 2.82. The summed E-state index contributed by atoms with van der Waals surface area (Å²) in [4.78, 5) is 11.1. The van der Waals surface area contributed by atoms with Crippen LogP contribution >= 0.6 is 0 Å². The third kappa shape index (κ3) is 3.05. The lowest BCUT2D eigenvalue weighted by atomic mass is 10.3. The molecule has 0 radical (unpaired) electrons. The number of nitrogens with zero attached hydrogens (tertiary/aromatic N) is 5. The fourth-order valence-electron chi connectivity index (χ4n) is 1.55. The van der Waals surface area contributed by atoms with Crippen molar-refractivity contribution in [1.29, 1.82) is 0 Å². The van der Waals surface area contributed by atoms with Crippen molar-refractivity contribution in [2.24, 2.45) is 7.05 Å². The molecule has 0 aliphatic carbocycles. The molecule has 2 N–H and O–H groups in total. The Morgan fingerprint density at radius 3 is 2.62 bits per heavy atom. The van der Waals surface area contributed by atoms with Crippen LogP contribution in [0.15, 0.2) is 23.1 Å². The summed E-state index contributed by atoms with van der Waals surface area (Å²) in [6, 6.07) is 3.37. The Balaban J connectivity index is 2.38. The molecule has 1 heterocycles. The Kier molecular flexibility index (Phi) is 3.71. The Morgan fingerprint density at radius 2 is 2.10 bits per heavy atom. The molecule has 0 bridgehead atoms. The summed E-state index contributed by atoms with van der Waals surface area (Å²) >= 11 is 0. The Bertz CT molecular complexity index is 785. The summed E-state index contributed by atoms with van der Waals surface area (Å²) in [5, 5.41) is 24.1. The number of hydrogen-bond donors (Lipinski definition) is 2. The number of aromatic nitrogens is 4. The lowest BCUT2D eigenvalue weighted by Crippen LogP contribution is -2.14. The number of nitro groups is 1. The molecule has 0 atom stereocenters. The Morgan fingerprint density at radius 1 is 1.38 bits per heavy atom. The smallest absolute Gasteiger partial charge is 0.292 e. The molecule has 21 heavy (non-hydrogen) atoms. The first-order valence-corrected chi connectivity index (χ1v) is 7.05. The van der Waals surface area contributed by atoms with Crippen molar-refractivity contribution in [2.45, 2.75) is 4.90 Å². The molecule has 0 unspecified atom stereocenters. The van der Waals surface area contributed by atoms with E-state index in [-0.39, 0.29) is 22.2 Å². The van der Waals surface area contributed by atoms with E-state index in [2.05, 4.69) is 25.4 Å². The molecular formula is C9H11N7O4S. The number of nitrogens with one attached hydrogen (secondary N) is 2. The SMILES string of the molecule is CNc1cc(S(=O)(=O)Nc2nnn(C)n2)ccc1[N+](=O)[O-]. The summed E-state index contributed by atoms with van der Waals surface area (Å²) in [6.45, 7) is 0. The van der Waals surface area contributed by atoms with Gasteiger partial charge in [-0.15, -0.1) is 5.10 Å². The van der Waals surface area contributed by atoms with Gasteiger partial charge in [-0.2, -0.15) is 4.80 Å². The van der Waals surface area contributed by atoms with Crippen LogP contribution in [0.2, 0.25) is 0 Å². The van der Waals surface area contributed by atoms with Crippen molar-refractivity contribution >= 4 is 27.3 Å². The van der Waals surface area contributed by atoms with E-state index in [4.69, 9.17) is 0 Å². The molecule has 2 aromatic rings.